The van der Waals surface area contributed by atoms with E-state index < -0.39 is 0 Å². The standard InChI is InChI=1S/C13H15N5O/c1-8-11(9(2)19-16-8)7-18-13(10-4-3-5-10)12(6-14)15-17-18/h10H,3-5,7H2,1-2H3. The van der Waals surface area contributed by atoms with Gasteiger partial charge in [0.15, 0.2) is 5.69 Å². The molecule has 1 aliphatic rings. The van der Waals surface area contributed by atoms with Gasteiger partial charge >= 0.3 is 0 Å². The van der Waals surface area contributed by atoms with Gasteiger partial charge in [-0.05, 0) is 26.7 Å². The van der Waals surface area contributed by atoms with Gasteiger partial charge in [-0.2, -0.15) is 5.26 Å². The van der Waals surface area contributed by atoms with Gasteiger partial charge in [-0.15, -0.1) is 5.10 Å². The molecule has 2 aromatic heterocycles. The molecule has 0 saturated heterocycles. The summed E-state index contributed by atoms with van der Waals surface area (Å²) < 4.78 is 6.99. The predicted molar refractivity (Wildman–Crippen MR) is 66.4 cm³/mol. The summed E-state index contributed by atoms with van der Waals surface area (Å²) >= 11 is 0. The molecule has 1 aliphatic carbocycles. The highest BCUT2D eigenvalue weighted by Gasteiger charge is 2.28. The Balaban J connectivity index is 1.97. The second-order valence-electron chi connectivity index (χ2n) is 5.02. The van der Waals surface area contributed by atoms with Crippen LogP contribution in [0, 0.1) is 25.2 Å². The lowest BCUT2D eigenvalue weighted by molar-refractivity contribution is 0.386. The number of aryl methyl sites for hydroxylation is 2. The fourth-order valence-electron chi connectivity index (χ4n) is 2.48. The van der Waals surface area contributed by atoms with Crippen molar-refractivity contribution in [2.45, 2.75) is 45.6 Å². The number of hydrogen-bond donors (Lipinski definition) is 0. The third-order valence-electron chi connectivity index (χ3n) is 3.86. The van der Waals surface area contributed by atoms with Gasteiger partial charge < -0.3 is 4.52 Å². The van der Waals surface area contributed by atoms with Crippen LogP contribution in [0.2, 0.25) is 0 Å². The smallest absolute Gasteiger partial charge is 0.186 e. The van der Waals surface area contributed by atoms with Crippen LogP contribution in [0.5, 0.6) is 0 Å². The third kappa shape index (κ3) is 1.91. The largest absolute Gasteiger partial charge is 0.361 e. The molecule has 0 aliphatic heterocycles. The molecule has 0 unspecified atom stereocenters. The van der Waals surface area contributed by atoms with E-state index in [-0.39, 0.29) is 0 Å². The number of rotatable bonds is 3. The Bertz CT molecular complexity index is 625. The molecule has 0 bridgehead atoms. The van der Waals surface area contributed by atoms with E-state index in [4.69, 9.17) is 9.78 Å². The van der Waals surface area contributed by atoms with E-state index in [1.54, 1.807) is 0 Å². The monoisotopic (exact) mass is 257 g/mol. The van der Waals surface area contributed by atoms with Crippen molar-refractivity contribution in [2.24, 2.45) is 0 Å². The lowest BCUT2D eigenvalue weighted by Crippen LogP contribution is -2.17. The average Bonchev–Trinajstić information content (AvgIpc) is 2.86. The van der Waals surface area contributed by atoms with Crippen LogP contribution >= 0.6 is 0 Å². The molecule has 2 aromatic rings. The van der Waals surface area contributed by atoms with Crippen LogP contribution in [-0.4, -0.2) is 20.2 Å². The first-order valence-electron chi connectivity index (χ1n) is 6.46. The average molecular weight is 257 g/mol. The van der Waals surface area contributed by atoms with Gasteiger partial charge in [0.1, 0.15) is 11.8 Å². The minimum absolute atomic E-state index is 0.421. The van der Waals surface area contributed by atoms with Crippen molar-refractivity contribution in [1.82, 2.24) is 20.2 Å². The second kappa shape index (κ2) is 4.50. The molecular formula is C13H15N5O. The highest BCUT2D eigenvalue weighted by molar-refractivity contribution is 5.30. The molecule has 0 atom stereocenters. The van der Waals surface area contributed by atoms with Gasteiger partial charge in [0.25, 0.3) is 0 Å². The number of hydrogen-bond acceptors (Lipinski definition) is 5. The summed E-state index contributed by atoms with van der Waals surface area (Å²) in [6.45, 7) is 4.37. The molecule has 2 heterocycles. The van der Waals surface area contributed by atoms with Crippen LogP contribution in [0.15, 0.2) is 4.52 Å². The van der Waals surface area contributed by atoms with Crippen LogP contribution in [-0.2, 0) is 6.54 Å². The zero-order valence-electron chi connectivity index (χ0n) is 11.1. The fourth-order valence-corrected chi connectivity index (χ4v) is 2.48. The van der Waals surface area contributed by atoms with Gasteiger partial charge in [-0.3, -0.25) is 0 Å². The Morgan fingerprint density at radius 2 is 2.21 bits per heavy atom. The molecule has 3 rings (SSSR count). The molecular weight excluding hydrogens is 242 g/mol. The summed E-state index contributed by atoms with van der Waals surface area (Å²) in [4.78, 5) is 0. The molecule has 1 saturated carbocycles. The summed E-state index contributed by atoms with van der Waals surface area (Å²) in [6, 6.07) is 2.14. The maximum atomic E-state index is 9.14. The quantitative estimate of drug-likeness (QED) is 0.840. The van der Waals surface area contributed by atoms with Crippen molar-refractivity contribution < 1.29 is 4.52 Å². The molecule has 98 valence electrons. The summed E-state index contributed by atoms with van der Waals surface area (Å²) in [5.74, 6) is 1.22. The summed E-state index contributed by atoms with van der Waals surface area (Å²) in [5, 5.41) is 21.2. The van der Waals surface area contributed by atoms with Crippen LogP contribution < -0.4 is 0 Å². The highest BCUT2D eigenvalue weighted by atomic mass is 16.5. The van der Waals surface area contributed by atoms with Crippen molar-refractivity contribution in [2.75, 3.05) is 0 Å². The molecule has 6 heteroatoms. The highest BCUT2D eigenvalue weighted by Crippen LogP contribution is 2.37. The Labute approximate surface area is 111 Å². The van der Waals surface area contributed by atoms with Crippen molar-refractivity contribution in [1.29, 1.82) is 5.26 Å². The van der Waals surface area contributed by atoms with Gasteiger partial charge in [0.05, 0.1) is 17.9 Å². The number of aromatic nitrogens is 4. The maximum Gasteiger partial charge on any atom is 0.186 e. The summed E-state index contributed by atoms with van der Waals surface area (Å²) in [5.41, 5.74) is 3.31. The summed E-state index contributed by atoms with van der Waals surface area (Å²) in [6.07, 6.45) is 3.44. The first-order valence-corrected chi connectivity index (χ1v) is 6.46. The lowest BCUT2D eigenvalue weighted by Gasteiger charge is -2.25. The fraction of sp³-hybridized carbons (Fsp3) is 0.538. The van der Waals surface area contributed by atoms with E-state index in [1.165, 1.54) is 6.42 Å². The Hall–Kier alpha value is -2.16. The first kappa shape index (κ1) is 11.9. The summed E-state index contributed by atoms with van der Waals surface area (Å²) in [7, 11) is 0. The zero-order chi connectivity index (χ0) is 13.4. The van der Waals surface area contributed by atoms with Crippen molar-refractivity contribution >= 4 is 0 Å². The van der Waals surface area contributed by atoms with Crippen molar-refractivity contribution in [3.8, 4) is 6.07 Å². The molecule has 19 heavy (non-hydrogen) atoms. The van der Waals surface area contributed by atoms with Gasteiger partial charge in [0, 0.05) is 11.5 Å². The van der Waals surface area contributed by atoms with E-state index in [0.29, 0.717) is 18.2 Å². The van der Waals surface area contributed by atoms with E-state index in [9.17, 15) is 0 Å². The third-order valence-corrected chi connectivity index (χ3v) is 3.86. The number of nitrogens with zero attached hydrogens (tertiary/aromatic N) is 5. The molecule has 1 fully saturated rings. The minimum atomic E-state index is 0.421. The number of nitriles is 1. The Kier molecular flexibility index (Phi) is 2.82. The van der Waals surface area contributed by atoms with E-state index in [2.05, 4.69) is 21.5 Å². The SMILES string of the molecule is Cc1noc(C)c1Cn1nnc(C#N)c1C1CCC1. The molecule has 0 spiro atoms. The predicted octanol–water partition coefficient (Wildman–Crippen LogP) is 2.07. The molecule has 0 radical (unpaired) electrons. The van der Waals surface area contributed by atoms with Crippen LogP contribution in [0.25, 0.3) is 0 Å². The van der Waals surface area contributed by atoms with Gasteiger partial charge in [-0.1, -0.05) is 16.8 Å². The van der Waals surface area contributed by atoms with Gasteiger partial charge in [-0.25, -0.2) is 4.68 Å². The molecule has 6 nitrogen and oxygen atoms in total. The van der Waals surface area contributed by atoms with E-state index in [1.807, 2.05) is 18.5 Å². The molecule has 0 N–H and O–H groups in total. The topological polar surface area (TPSA) is 80.5 Å². The zero-order valence-corrected chi connectivity index (χ0v) is 11.1. The Morgan fingerprint density at radius 1 is 1.42 bits per heavy atom. The van der Waals surface area contributed by atoms with Crippen LogP contribution in [0.3, 0.4) is 0 Å². The molecule has 0 aromatic carbocycles. The van der Waals surface area contributed by atoms with E-state index >= 15 is 0 Å². The molecule has 0 amide bonds. The normalized spacial score (nSPS) is 15.2. The van der Waals surface area contributed by atoms with Crippen LogP contribution in [0.1, 0.15) is 53.6 Å². The minimum Gasteiger partial charge on any atom is -0.361 e. The second-order valence-corrected chi connectivity index (χ2v) is 5.02. The van der Waals surface area contributed by atoms with Crippen molar-refractivity contribution in [3.63, 3.8) is 0 Å². The lowest BCUT2D eigenvalue weighted by atomic mass is 9.82. The first-order chi connectivity index (χ1) is 9.20. The Morgan fingerprint density at radius 3 is 2.74 bits per heavy atom. The van der Waals surface area contributed by atoms with E-state index in [0.717, 1.165) is 35.6 Å². The van der Waals surface area contributed by atoms with Crippen molar-refractivity contribution in [3.05, 3.63) is 28.4 Å². The van der Waals surface area contributed by atoms with Crippen LogP contribution in [0.4, 0.5) is 0 Å². The maximum absolute atomic E-state index is 9.14. The van der Waals surface area contributed by atoms with Gasteiger partial charge in [0.2, 0.25) is 0 Å².